The summed E-state index contributed by atoms with van der Waals surface area (Å²) in [6.45, 7) is 1.96. The van der Waals surface area contributed by atoms with Crippen molar-refractivity contribution in [2.75, 3.05) is 25.6 Å². The zero-order chi connectivity index (χ0) is 33.1. The number of nitrogens with zero attached hydrogens (tertiary/aromatic N) is 2. The fourth-order valence-corrected chi connectivity index (χ4v) is 7.45. The molecule has 0 radical (unpaired) electrons. The van der Waals surface area contributed by atoms with Gasteiger partial charge >= 0.3 is 6.09 Å². The summed E-state index contributed by atoms with van der Waals surface area (Å²) < 4.78 is 35.1. The summed E-state index contributed by atoms with van der Waals surface area (Å²) in [4.78, 5) is 40.4. The number of methoxy groups -OCH3 is 1. The molecule has 4 aromatic rings. The van der Waals surface area contributed by atoms with Crippen molar-refractivity contribution in [2.45, 2.75) is 45.2 Å². The van der Waals surface area contributed by atoms with Gasteiger partial charge in [0.1, 0.15) is 22.3 Å². The van der Waals surface area contributed by atoms with E-state index in [2.05, 4.69) is 5.32 Å². The molecule has 2 N–H and O–H groups in total. The van der Waals surface area contributed by atoms with Crippen molar-refractivity contribution >= 4 is 56.6 Å². The van der Waals surface area contributed by atoms with Crippen LogP contribution in [0.25, 0.3) is 21.2 Å². The van der Waals surface area contributed by atoms with E-state index in [4.69, 9.17) is 21.4 Å². The Morgan fingerprint density at radius 3 is 2.26 bits per heavy atom. The second kappa shape index (κ2) is 14.0. The number of thiophene rings is 1. The van der Waals surface area contributed by atoms with E-state index >= 15 is 0 Å². The smallest absolute Gasteiger partial charge is 0.404 e. The molecule has 1 fully saturated rings. The van der Waals surface area contributed by atoms with Gasteiger partial charge in [0.15, 0.2) is 0 Å². The Bertz CT molecular complexity index is 1770. The third-order valence-electron chi connectivity index (χ3n) is 8.62. The van der Waals surface area contributed by atoms with Gasteiger partial charge in [0.25, 0.3) is 5.91 Å². The minimum absolute atomic E-state index is 0.0183. The molecule has 0 spiro atoms. The molecule has 0 saturated heterocycles. The number of ether oxygens (including phenoxy) is 1. The summed E-state index contributed by atoms with van der Waals surface area (Å²) in [7, 11) is 3.25. The van der Waals surface area contributed by atoms with Gasteiger partial charge in [0, 0.05) is 44.4 Å². The lowest BCUT2D eigenvalue weighted by Gasteiger charge is -2.37. The third-order valence-corrected chi connectivity index (χ3v) is 10.3. The van der Waals surface area contributed by atoms with Gasteiger partial charge in [-0.25, -0.2) is 13.6 Å². The first kappa shape index (κ1) is 33.2. The highest BCUT2D eigenvalue weighted by atomic mass is 35.5. The predicted molar refractivity (Wildman–Crippen MR) is 176 cm³/mol. The zero-order valence-electron chi connectivity index (χ0n) is 25.6. The number of hydrogen-bond donors (Lipinski definition) is 2. The van der Waals surface area contributed by atoms with E-state index in [9.17, 15) is 23.2 Å². The highest BCUT2D eigenvalue weighted by Crippen LogP contribution is 2.41. The van der Waals surface area contributed by atoms with Gasteiger partial charge in [-0.2, -0.15) is 0 Å². The van der Waals surface area contributed by atoms with Gasteiger partial charge in [-0.3, -0.25) is 9.59 Å². The molecule has 8 nitrogen and oxygen atoms in total. The monoisotopic (exact) mass is 669 g/mol. The van der Waals surface area contributed by atoms with Gasteiger partial charge in [-0.15, -0.1) is 11.3 Å². The van der Waals surface area contributed by atoms with Crippen LogP contribution in [0.15, 0.2) is 54.6 Å². The van der Waals surface area contributed by atoms with Crippen LogP contribution < -0.4 is 15.0 Å². The standard InChI is InChI=1S/C34H34ClF2N3O5S/c1-19(41)39(2)24-11-6-21(7-12-24)22-8-15-28(45-3)23(16-22)18-40(25-9-4-20(5-10-25)17-38-34(43)44)33(42)32-30(35)29-26(36)13-14-27(37)31(29)46-32/h6-8,11-16,20,25,38H,4-5,9-10,17-18H2,1-3H3,(H,43,44). The highest BCUT2D eigenvalue weighted by Gasteiger charge is 2.33. The summed E-state index contributed by atoms with van der Waals surface area (Å²) in [5, 5.41) is 11.2. The van der Waals surface area contributed by atoms with Crippen LogP contribution in [-0.4, -0.2) is 54.7 Å². The van der Waals surface area contributed by atoms with Crippen molar-refractivity contribution in [3.8, 4) is 16.9 Å². The summed E-state index contributed by atoms with van der Waals surface area (Å²) >= 11 is 7.40. The molecular formula is C34H34ClF2N3O5S. The van der Waals surface area contributed by atoms with Gasteiger partial charge in [-0.05, 0) is 79.1 Å². The quantitative estimate of drug-likeness (QED) is 0.188. The maximum Gasteiger partial charge on any atom is 0.404 e. The molecule has 12 heteroatoms. The number of hydrogen-bond acceptors (Lipinski definition) is 5. The molecule has 5 rings (SSSR count). The zero-order valence-corrected chi connectivity index (χ0v) is 27.2. The molecule has 46 heavy (non-hydrogen) atoms. The number of amides is 3. The fourth-order valence-electron chi connectivity index (χ4n) is 5.95. The minimum atomic E-state index is -1.08. The van der Waals surface area contributed by atoms with Gasteiger partial charge in [-0.1, -0.05) is 29.8 Å². The van der Waals surface area contributed by atoms with Crippen LogP contribution >= 0.6 is 22.9 Å². The molecule has 3 aromatic carbocycles. The first-order valence-electron chi connectivity index (χ1n) is 14.8. The van der Waals surface area contributed by atoms with Crippen LogP contribution in [0.5, 0.6) is 5.75 Å². The lowest BCUT2D eigenvalue weighted by atomic mass is 9.85. The third kappa shape index (κ3) is 6.95. The van der Waals surface area contributed by atoms with E-state index in [0.717, 1.165) is 45.8 Å². The SMILES string of the molecule is COc1ccc(-c2ccc(N(C)C(C)=O)cc2)cc1CN(C(=O)c1sc2c(F)ccc(F)c2c1Cl)C1CCC(CNC(=O)O)CC1. The van der Waals surface area contributed by atoms with Crippen LogP contribution in [0.1, 0.15) is 47.8 Å². The molecule has 1 saturated carbocycles. The number of carboxylic acid groups (broad SMARTS) is 1. The Kier molecular flexibility index (Phi) is 10.1. The average molecular weight is 670 g/mol. The molecule has 242 valence electrons. The van der Waals surface area contributed by atoms with Crippen LogP contribution in [0.3, 0.4) is 0 Å². The first-order valence-corrected chi connectivity index (χ1v) is 16.0. The highest BCUT2D eigenvalue weighted by molar-refractivity contribution is 7.21. The maximum atomic E-state index is 14.7. The average Bonchev–Trinajstić information content (AvgIpc) is 3.42. The normalized spacial score (nSPS) is 16.2. The molecule has 1 heterocycles. The lowest BCUT2D eigenvalue weighted by molar-refractivity contribution is -0.116. The van der Waals surface area contributed by atoms with Crippen molar-refractivity contribution < 1.29 is 33.0 Å². The molecule has 3 amide bonds. The lowest BCUT2D eigenvalue weighted by Crippen LogP contribution is -2.43. The first-order chi connectivity index (χ1) is 22.0. The van der Waals surface area contributed by atoms with Crippen LogP contribution in [-0.2, 0) is 11.3 Å². The Morgan fingerprint density at radius 1 is 1.00 bits per heavy atom. The van der Waals surface area contributed by atoms with Crippen LogP contribution in [0, 0.1) is 17.6 Å². The number of rotatable bonds is 9. The molecule has 0 unspecified atom stereocenters. The van der Waals surface area contributed by atoms with Crippen molar-refractivity contribution in [3.05, 3.63) is 81.7 Å². The van der Waals surface area contributed by atoms with E-state index in [0.29, 0.717) is 38.0 Å². The maximum absolute atomic E-state index is 14.7. The number of halogens is 3. The number of fused-ring (bicyclic) bond motifs is 1. The molecule has 0 atom stereocenters. The summed E-state index contributed by atoms with van der Waals surface area (Å²) in [6.07, 6.45) is 1.52. The van der Waals surface area contributed by atoms with Gasteiger partial charge in [0.2, 0.25) is 5.91 Å². The van der Waals surface area contributed by atoms with E-state index < -0.39 is 23.6 Å². The van der Waals surface area contributed by atoms with E-state index in [-0.39, 0.29) is 44.4 Å². The number of benzene rings is 3. The number of anilines is 1. The number of nitrogens with one attached hydrogen (secondary N) is 1. The fraction of sp³-hybridized carbons (Fsp3) is 0.324. The van der Waals surface area contributed by atoms with E-state index in [1.807, 2.05) is 42.5 Å². The van der Waals surface area contributed by atoms with Crippen LogP contribution in [0.4, 0.5) is 19.3 Å². The predicted octanol–water partition coefficient (Wildman–Crippen LogP) is 7.96. The Labute approximate surface area is 274 Å². The number of carbonyl (C=O) groups excluding carboxylic acids is 2. The Morgan fingerprint density at radius 2 is 1.65 bits per heavy atom. The largest absolute Gasteiger partial charge is 0.496 e. The Hall–Kier alpha value is -4.22. The van der Waals surface area contributed by atoms with Crippen molar-refractivity contribution in [3.63, 3.8) is 0 Å². The van der Waals surface area contributed by atoms with Crippen molar-refractivity contribution in [1.29, 1.82) is 0 Å². The van der Waals surface area contributed by atoms with Crippen molar-refractivity contribution in [1.82, 2.24) is 10.2 Å². The molecular weight excluding hydrogens is 636 g/mol. The van der Waals surface area contributed by atoms with Crippen molar-refractivity contribution in [2.24, 2.45) is 5.92 Å². The molecule has 0 aliphatic heterocycles. The topological polar surface area (TPSA) is 99.2 Å². The second-order valence-electron chi connectivity index (χ2n) is 11.4. The molecule has 0 bridgehead atoms. The second-order valence-corrected chi connectivity index (χ2v) is 12.8. The van der Waals surface area contributed by atoms with Crippen LogP contribution in [0.2, 0.25) is 5.02 Å². The molecule has 1 aromatic heterocycles. The Balaban J connectivity index is 1.50. The summed E-state index contributed by atoms with van der Waals surface area (Å²) in [6, 6.07) is 15.0. The minimum Gasteiger partial charge on any atom is -0.496 e. The summed E-state index contributed by atoms with van der Waals surface area (Å²) in [5.74, 6) is -1.20. The molecule has 1 aliphatic carbocycles. The van der Waals surface area contributed by atoms with E-state index in [1.54, 1.807) is 24.0 Å². The summed E-state index contributed by atoms with van der Waals surface area (Å²) in [5.41, 5.74) is 3.24. The van der Waals surface area contributed by atoms with Gasteiger partial charge < -0.3 is 25.0 Å². The number of carbonyl (C=O) groups is 3. The molecule has 1 aliphatic rings. The van der Waals surface area contributed by atoms with Gasteiger partial charge in [0.05, 0.1) is 22.2 Å². The van der Waals surface area contributed by atoms with E-state index in [1.165, 1.54) is 6.92 Å².